The van der Waals surface area contributed by atoms with Gasteiger partial charge in [0.1, 0.15) is 10.8 Å². The average Bonchev–Trinajstić information content (AvgIpc) is 3.39. The first-order chi connectivity index (χ1) is 13.7. The molecule has 0 saturated carbocycles. The van der Waals surface area contributed by atoms with Gasteiger partial charge in [-0.2, -0.15) is 5.10 Å². The standard InChI is InChI=1S/C21H17FN4OS/c1-2-19-18(13-24-26(19)17-9-5-15(22)6-10-17)20(27)25-16-7-3-14(4-8-16)21-23-11-12-28-21/h3-13H,2H2,1H3,(H,25,27). The maximum absolute atomic E-state index is 13.2. The summed E-state index contributed by atoms with van der Waals surface area (Å²) in [5.41, 5.74) is 3.68. The fraction of sp³-hybridized carbons (Fsp3) is 0.0952. The number of aromatic nitrogens is 3. The Morgan fingerprint density at radius 1 is 1.14 bits per heavy atom. The van der Waals surface area contributed by atoms with E-state index >= 15 is 0 Å². The normalized spacial score (nSPS) is 10.8. The first kappa shape index (κ1) is 18.1. The Balaban J connectivity index is 1.56. The van der Waals surface area contributed by atoms with Crippen LogP contribution < -0.4 is 5.32 Å². The Morgan fingerprint density at radius 2 is 1.89 bits per heavy atom. The molecule has 0 bridgehead atoms. The summed E-state index contributed by atoms with van der Waals surface area (Å²) in [6.07, 6.45) is 3.92. The number of rotatable bonds is 5. The number of hydrogen-bond acceptors (Lipinski definition) is 4. The number of hydrogen-bond donors (Lipinski definition) is 1. The van der Waals surface area contributed by atoms with E-state index in [1.165, 1.54) is 12.1 Å². The predicted octanol–water partition coefficient (Wildman–Crippen LogP) is 4.95. The second kappa shape index (κ2) is 7.74. The molecule has 0 unspecified atom stereocenters. The molecule has 0 aliphatic carbocycles. The molecule has 140 valence electrons. The van der Waals surface area contributed by atoms with Crippen LogP contribution in [0.25, 0.3) is 16.3 Å². The summed E-state index contributed by atoms with van der Waals surface area (Å²) < 4.78 is 14.8. The summed E-state index contributed by atoms with van der Waals surface area (Å²) in [4.78, 5) is 17.1. The first-order valence-corrected chi connectivity index (χ1v) is 9.68. The van der Waals surface area contributed by atoms with Crippen molar-refractivity contribution in [2.45, 2.75) is 13.3 Å². The molecule has 2 aromatic carbocycles. The van der Waals surface area contributed by atoms with Gasteiger partial charge in [0.05, 0.1) is 23.1 Å². The van der Waals surface area contributed by atoms with Crippen LogP contribution in [-0.4, -0.2) is 20.7 Å². The molecule has 0 atom stereocenters. The fourth-order valence-electron chi connectivity index (χ4n) is 2.97. The molecular weight excluding hydrogens is 375 g/mol. The lowest BCUT2D eigenvalue weighted by Gasteiger charge is -2.09. The molecule has 28 heavy (non-hydrogen) atoms. The lowest BCUT2D eigenvalue weighted by Crippen LogP contribution is -2.14. The lowest BCUT2D eigenvalue weighted by atomic mass is 10.1. The smallest absolute Gasteiger partial charge is 0.259 e. The molecule has 2 aromatic heterocycles. The summed E-state index contributed by atoms with van der Waals surface area (Å²) in [6.45, 7) is 1.95. The van der Waals surface area contributed by atoms with E-state index < -0.39 is 0 Å². The van der Waals surface area contributed by atoms with E-state index in [9.17, 15) is 9.18 Å². The molecular formula is C21H17FN4OS. The molecule has 1 N–H and O–H groups in total. The van der Waals surface area contributed by atoms with Crippen molar-refractivity contribution < 1.29 is 9.18 Å². The van der Waals surface area contributed by atoms with Crippen molar-refractivity contribution in [1.29, 1.82) is 0 Å². The fourth-order valence-corrected chi connectivity index (χ4v) is 3.61. The summed E-state index contributed by atoms with van der Waals surface area (Å²) >= 11 is 1.57. The van der Waals surface area contributed by atoms with E-state index in [2.05, 4.69) is 15.4 Å². The van der Waals surface area contributed by atoms with Gasteiger partial charge >= 0.3 is 0 Å². The number of benzene rings is 2. The van der Waals surface area contributed by atoms with E-state index in [1.54, 1.807) is 40.5 Å². The van der Waals surface area contributed by atoms with Crippen molar-refractivity contribution in [2.75, 3.05) is 5.32 Å². The Hall–Kier alpha value is -3.32. The van der Waals surface area contributed by atoms with Crippen molar-refractivity contribution >= 4 is 22.9 Å². The van der Waals surface area contributed by atoms with E-state index in [-0.39, 0.29) is 11.7 Å². The molecule has 4 rings (SSSR count). The highest BCUT2D eigenvalue weighted by atomic mass is 32.1. The van der Waals surface area contributed by atoms with Crippen molar-refractivity contribution in [3.8, 4) is 16.3 Å². The van der Waals surface area contributed by atoms with E-state index in [1.807, 2.05) is 36.6 Å². The number of carbonyl (C=O) groups is 1. The molecule has 0 saturated heterocycles. The molecule has 0 radical (unpaired) electrons. The largest absolute Gasteiger partial charge is 0.322 e. The Kier molecular flexibility index (Phi) is 4.99. The van der Waals surface area contributed by atoms with Crippen LogP contribution in [0.4, 0.5) is 10.1 Å². The number of anilines is 1. The highest BCUT2D eigenvalue weighted by Gasteiger charge is 2.17. The molecule has 4 aromatic rings. The third kappa shape index (κ3) is 3.57. The summed E-state index contributed by atoms with van der Waals surface area (Å²) in [5, 5.41) is 10.1. The van der Waals surface area contributed by atoms with Gasteiger partial charge < -0.3 is 5.32 Å². The third-order valence-corrected chi connectivity index (χ3v) is 5.16. The minimum absolute atomic E-state index is 0.229. The van der Waals surface area contributed by atoms with Gasteiger partial charge in [0.25, 0.3) is 5.91 Å². The van der Waals surface area contributed by atoms with Gasteiger partial charge in [-0.25, -0.2) is 14.1 Å². The Bertz CT molecular complexity index is 1090. The second-order valence-electron chi connectivity index (χ2n) is 6.12. The quantitative estimate of drug-likeness (QED) is 0.523. The van der Waals surface area contributed by atoms with Crippen LogP contribution in [0.3, 0.4) is 0 Å². The number of thiazole rings is 1. The maximum Gasteiger partial charge on any atom is 0.259 e. The van der Waals surface area contributed by atoms with Gasteiger partial charge in [0, 0.05) is 22.8 Å². The van der Waals surface area contributed by atoms with E-state index in [0.29, 0.717) is 23.4 Å². The number of halogens is 1. The third-order valence-electron chi connectivity index (χ3n) is 4.34. The minimum atomic E-state index is -0.312. The van der Waals surface area contributed by atoms with Crippen molar-refractivity contribution in [3.05, 3.63) is 83.4 Å². The summed E-state index contributed by atoms with van der Waals surface area (Å²) in [6, 6.07) is 13.6. The van der Waals surface area contributed by atoms with Gasteiger partial charge in [-0.3, -0.25) is 4.79 Å². The lowest BCUT2D eigenvalue weighted by molar-refractivity contribution is 0.102. The minimum Gasteiger partial charge on any atom is -0.322 e. The second-order valence-corrected chi connectivity index (χ2v) is 7.01. The monoisotopic (exact) mass is 392 g/mol. The number of amides is 1. The number of carbonyl (C=O) groups excluding carboxylic acids is 1. The van der Waals surface area contributed by atoms with Gasteiger partial charge in [0.15, 0.2) is 0 Å². The van der Waals surface area contributed by atoms with E-state index in [0.717, 1.165) is 16.3 Å². The van der Waals surface area contributed by atoms with Crippen LogP contribution in [0.2, 0.25) is 0 Å². The molecule has 0 fully saturated rings. The predicted molar refractivity (Wildman–Crippen MR) is 108 cm³/mol. The summed E-state index contributed by atoms with van der Waals surface area (Å²) in [7, 11) is 0. The highest BCUT2D eigenvalue weighted by molar-refractivity contribution is 7.13. The Labute approximate surface area is 165 Å². The van der Waals surface area contributed by atoms with Crippen LogP contribution in [0.5, 0.6) is 0 Å². The van der Waals surface area contributed by atoms with Gasteiger partial charge in [-0.1, -0.05) is 6.92 Å². The molecule has 5 nitrogen and oxygen atoms in total. The summed E-state index contributed by atoms with van der Waals surface area (Å²) in [5.74, 6) is -0.541. The number of nitrogens with zero attached hydrogens (tertiary/aromatic N) is 3. The van der Waals surface area contributed by atoms with Gasteiger partial charge in [-0.05, 0) is 55.0 Å². The zero-order valence-corrected chi connectivity index (χ0v) is 15.9. The maximum atomic E-state index is 13.2. The van der Waals surface area contributed by atoms with Gasteiger partial charge in [0.2, 0.25) is 0 Å². The van der Waals surface area contributed by atoms with Crippen LogP contribution >= 0.6 is 11.3 Å². The van der Waals surface area contributed by atoms with Crippen LogP contribution in [-0.2, 0) is 6.42 Å². The molecule has 0 spiro atoms. The zero-order valence-electron chi connectivity index (χ0n) is 15.1. The molecule has 1 amide bonds. The van der Waals surface area contributed by atoms with Crippen molar-refractivity contribution in [2.24, 2.45) is 0 Å². The van der Waals surface area contributed by atoms with Gasteiger partial charge in [-0.15, -0.1) is 11.3 Å². The van der Waals surface area contributed by atoms with Crippen LogP contribution in [0.1, 0.15) is 23.0 Å². The average molecular weight is 392 g/mol. The van der Waals surface area contributed by atoms with E-state index in [4.69, 9.17) is 0 Å². The van der Waals surface area contributed by atoms with Crippen molar-refractivity contribution in [3.63, 3.8) is 0 Å². The first-order valence-electron chi connectivity index (χ1n) is 8.80. The topological polar surface area (TPSA) is 59.8 Å². The molecule has 0 aliphatic heterocycles. The Morgan fingerprint density at radius 3 is 2.54 bits per heavy atom. The highest BCUT2D eigenvalue weighted by Crippen LogP contribution is 2.24. The molecule has 2 heterocycles. The SMILES string of the molecule is CCc1c(C(=O)Nc2ccc(-c3nccs3)cc2)cnn1-c1ccc(F)cc1. The van der Waals surface area contributed by atoms with Crippen molar-refractivity contribution in [1.82, 2.24) is 14.8 Å². The van der Waals surface area contributed by atoms with Crippen LogP contribution in [0.15, 0.2) is 66.3 Å². The molecule has 7 heteroatoms. The van der Waals surface area contributed by atoms with Crippen LogP contribution in [0, 0.1) is 5.82 Å². The number of nitrogens with one attached hydrogen (secondary N) is 1. The zero-order chi connectivity index (χ0) is 19.5. The molecule has 0 aliphatic rings.